The predicted octanol–water partition coefficient (Wildman–Crippen LogP) is 4.31. The van der Waals surface area contributed by atoms with E-state index < -0.39 is 0 Å². The molecule has 21 heavy (non-hydrogen) atoms. The molecule has 1 fully saturated rings. The summed E-state index contributed by atoms with van der Waals surface area (Å²) in [7, 11) is 0. The Hall–Kier alpha value is -0.570. The van der Waals surface area contributed by atoms with Gasteiger partial charge in [-0.1, -0.05) is 37.6 Å². The number of rotatable bonds is 10. The zero-order valence-electron chi connectivity index (χ0n) is 13.3. The molecule has 0 aromatic heterocycles. The van der Waals surface area contributed by atoms with Crippen LogP contribution in [0.5, 0.6) is 0 Å². The van der Waals surface area contributed by atoms with Crippen molar-refractivity contribution in [3.05, 3.63) is 34.9 Å². The van der Waals surface area contributed by atoms with E-state index in [1.54, 1.807) is 0 Å². The van der Waals surface area contributed by atoms with Gasteiger partial charge in [0.25, 0.3) is 0 Å². The zero-order valence-corrected chi connectivity index (χ0v) is 14.0. The van der Waals surface area contributed by atoms with Crippen LogP contribution in [0.15, 0.2) is 24.3 Å². The van der Waals surface area contributed by atoms with Crippen LogP contribution in [0.1, 0.15) is 38.7 Å². The SMILES string of the molecule is CC(C)COCCC(CNC1CC1)Cc1ccc(Cl)cc1. The Morgan fingerprint density at radius 1 is 1.24 bits per heavy atom. The third-order valence-electron chi connectivity index (χ3n) is 3.83. The molecule has 0 aliphatic heterocycles. The maximum Gasteiger partial charge on any atom is 0.0488 e. The van der Waals surface area contributed by atoms with Crippen LogP contribution in [0.3, 0.4) is 0 Å². The van der Waals surface area contributed by atoms with Crippen LogP contribution in [0, 0.1) is 11.8 Å². The molecule has 0 saturated heterocycles. The maximum absolute atomic E-state index is 5.96. The van der Waals surface area contributed by atoms with Crippen molar-refractivity contribution in [3.8, 4) is 0 Å². The fraction of sp³-hybridized carbons (Fsp3) is 0.667. The molecule has 2 rings (SSSR count). The normalized spacial score (nSPS) is 16.4. The number of hydrogen-bond donors (Lipinski definition) is 1. The van der Waals surface area contributed by atoms with Crippen molar-refractivity contribution >= 4 is 11.6 Å². The van der Waals surface area contributed by atoms with E-state index in [9.17, 15) is 0 Å². The molecule has 3 heteroatoms. The lowest BCUT2D eigenvalue weighted by Gasteiger charge is -2.18. The third kappa shape index (κ3) is 7.30. The Morgan fingerprint density at radius 3 is 2.57 bits per heavy atom. The summed E-state index contributed by atoms with van der Waals surface area (Å²) in [4.78, 5) is 0. The molecule has 1 atom stereocenters. The van der Waals surface area contributed by atoms with E-state index in [-0.39, 0.29) is 0 Å². The number of ether oxygens (including phenoxy) is 1. The van der Waals surface area contributed by atoms with Gasteiger partial charge in [0.05, 0.1) is 0 Å². The molecule has 0 spiro atoms. The summed E-state index contributed by atoms with van der Waals surface area (Å²) in [5.74, 6) is 1.25. The monoisotopic (exact) mass is 309 g/mol. The van der Waals surface area contributed by atoms with Gasteiger partial charge in [0, 0.05) is 24.3 Å². The van der Waals surface area contributed by atoms with Crippen molar-refractivity contribution in [2.24, 2.45) is 11.8 Å². The smallest absolute Gasteiger partial charge is 0.0488 e. The number of halogens is 1. The first-order valence-corrected chi connectivity index (χ1v) is 8.57. The summed E-state index contributed by atoms with van der Waals surface area (Å²) < 4.78 is 5.76. The van der Waals surface area contributed by atoms with Gasteiger partial charge in [0.1, 0.15) is 0 Å². The van der Waals surface area contributed by atoms with Gasteiger partial charge >= 0.3 is 0 Å². The Morgan fingerprint density at radius 2 is 1.95 bits per heavy atom. The minimum Gasteiger partial charge on any atom is -0.381 e. The fourth-order valence-electron chi connectivity index (χ4n) is 2.42. The van der Waals surface area contributed by atoms with Gasteiger partial charge in [-0.15, -0.1) is 0 Å². The van der Waals surface area contributed by atoms with E-state index in [0.29, 0.717) is 11.8 Å². The summed E-state index contributed by atoms with van der Waals surface area (Å²) in [5, 5.41) is 4.47. The first-order chi connectivity index (χ1) is 10.1. The summed E-state index contributed by atoms with van der Waals surface area (Å²) in [6, 6.07) is 9.02. The van der Waals surface area contributed by atoms with Gasteiger partial charge in [-0.3, -0.25) is 0 Å². The highest BCUT2D eigenvalue weighted by molar-refractivity contribution is 6.30. The molecule has 1 N–H and O–H groups in total. The largest absolute Gasteiger partial charge is 0.381 e. The van der Waals surface area contributed by atoms with Crippen molar-refractivity contribution in [2.75, 3.05) is 19.8 Å². The average molecular weight is 310 g/mol. The summed E-state index contributed by atoms with van der Waals surface area (Å²) in [5.41, 5.74) is 1.37. The van der Waals surface area contributed by atoms with Crippen molar-refractivity contribution < 1.29 is 4.74 Å². The zero-order chi connectivity index (χ0) is 15.1. The minimum atomic E-state index is 0.615. The molecule has 1 saturated carbocycles. The second-order valence-corrected chi connectivity index (χ2v) is 7.07. The van der Waals surface area contributed by atoms with Crippen LogP contribution in [0.4, 0.5) is 0 Å². The summed E-state index contributed by atoms with van der Waals surface area (Å²) in [6.45, 7) is 7.21. The second kappa shape index (κ2) is 8.77. The van der Waals surface area contributed by atoms with E-state index >= 15 is 0 Å². The number of nitrogens with one attached hydrogen (secondary N) is 1. The molecule has 1 aliphatic carbocycles. The lowest BCUT2D eigenvalue weighted by atomic mass is 9.96. The molecule has 1 aromatic rings. The average Bonchev–Trinajstić information content (AvgIpc) is 3.27. The molecular weight excluding hydrogens is 282 g/mol. The Kier molecular flexibility index (Phi) is 7.01. The Balaban J connectivity index is 1.77. The Labute approximate surface area is 134 Å². The van der Waals surface area contributed by atoms with Crippen LogP contribution in [-0.4, -0.2) is 25.8 Å². The summed E-state index contributed by atoms with van der Waals surface area (Å²) >= 11 is 5.96. The first kappa shape index (κ1) is 16.8. The topological polar surface area (TPSA) is 21.3 Å². The lowest BCUT2D eigenvalue weighted by molar-refractivity contribution is 0.0975. The number of hydrogen-bond acceptors (Lipinski definition) is 2. The fourth-order valence-corrected chi connectivity index (χ4v) is 2.55. The highest BCUT2D eigenvalue weighted by Crippen LogP contribution is 2.21. The van der Waals surface area contributed by atoms with E-state index in [4.69, 9.17) is 16.3 Å². The molecule has 0 bridgehead atoms. The van der Waals surface area contributed by atoms with E-state index in [1.165, 1.54) is 18.4 Å². The highest BCUT2D eigenvalue weighted by atomic mass is 35.5. The van der Waals surface area contributed by atoms with E-state index in [1.807, 2.05) is 12.1 Å². The molecule has 2 nitrogen and oxygen atoms in total. The minimum absolute atomic E-state index is 0.615. The van der Waals surface area contributed by atoms with Crippen molar-refractivity contribution in [2.45, 2.75) is 45.6 Å². The lowest BCUT2D eigenvalue weighted by Crippen LogP contribution is -2.27. The van der Waals surface area contributed by atoms with E-state index in [0.717, 1.165) is 43.7 Å². The molecule has 118 valence electrons. The van der Waals surface area contributed by atoms with Gasteiger partial charge in [-0.05, 0) is 61.8 Å². The summed E-state index contributed by atoms with van der Waals surface area (Å²) in [6.07, 6.45) is 4.91. The third-order valence-corrected chi connectivity index (χ3v) is 4.08. The van der Waals surface area contributed by atoms with Crippen LogP contribution in [-0.2, 0) is 11.2 Å². The Bertz CT molecular complexity index is 400. The van der Waals surface area contributed by atoms with Gasteiger partial charge in [-0.2, -0.15) is 0 Å². The molecule has 0 heterocycles. The highest BCUT2D eigenvalue weighted by Gasteiger charge is 2.22. The van der Waals surface area contributed by atoms with Crippen molar-refractivity contribution in [3.63, 3.8) is 0 Å². The molecule has 0 amide bonds. The van der Waals surface area contributed by atoms with Gasteiger partial charge < -0.3 is 10.1 Å². The van der Waals surface area contributed by atoms with E-state index in [2.05, 4.69) is 31.3 Å². The standard InChI is InChI=1S/C18H28ClNO/c1-14(2)13-21-10-9-16(12-20-18-7-8-18)11-15-3-5-17(19)6-4-15/h3-6,14,16,18,20H,7-13H2,1-2H3. The van der Waals surface area contributed by atoms with Crippen LogP contribution >= 0.6 is 11.6 Å². The molecule has 1 unspecified atom stereocenters. The molecule has 1 aromatic carbocycles. The van der Waals surface area contributed by atoms with Gasteiger partial charge in [-0.25, -0.2) is 0 Å². The first-order valence-electron chi connectivity index (χ1n) is 8.19. The molecule has 1 aliphatic rings. The van der Waals surface area contributed by atoms with Crippen LogP contribution < -0.4 is 5.32 Å². The van der Waals surface area contributed by atoms with Gasteiger partial charge in [0.15, 0.2) is 0 Å². The molecule has 0 radical (unpaired) electrons. The number of benzene rings is 1. The van der Waals surface area contributed by atoms with Crippen LogP contribution in [0.25, 0.3) is 0 Å². The predicted molar refractivity (Wildman–Crippen MR) is 89.9 cm³/mol. The second-order valence-electron chi connectivity index (χ2n) is 6.64. The quantitative estimate of drug-likeness (QED) is 0.650. The maximum atomic E-state index is 5.96. The molecular formula is C18H28ClNO. The van der Waals surface area contributed by atoms with Crippen LogP contribution in [0.2, 0.25) is 5.02 Å². The van der Waals surface area contributed by atoms with Crippen molar-refractivity contribution in [1.29, 1.82) is 0 Å². The van der Waals surface area contributed by atoms with Gasteiger partial charge in [0.2, 0.25) is 0 Å². The van der Waals surface area contributed by atoms with Crippen molar-refractivity contribution in [1.82, 2.24) is 5.32 Å².